The molecule has 35 heavy (non-hydrogen) atoms. The molecule has 2 aliphatic heterocycles. The molecule has 4 rings (SSSR count). The number of hydrogen-bond acceptors (Lipinski definition) is 5. The lowest BCUT2D eigenvalue weighted by Gasteiger charge is -2.54. The molecule has 0 radical (unpaired) electrons. The van der Waals surface area contributed by atoms with Crippen LogP contribution in [0, 0.1) is 0 Å². The zero-order valence-corrected chi connectivity index (χ0v) is 22.3. The van der Waals surface area contributed by atoms with E-state index in [1.807, 2.05) is 60.9 Å². The third-order valence-corrected chi connectivity index (χ3v) is 7.43. The van der Waals surface area contributed by atoms with E-state index in [9.17, 15) is 14.4 Å². The van der Waals surface area contributed by atoms with Crippen LogP contribution in [-0.4, -0.2) is 82.0 Å². The first-order valence-corrected chi connectivity index (χ1v) is 13.7. The van der Waals surface area contributed by atoms with Crippen LogP contribution in [0.3, 0.4) is 0 Å². The number of carbonyl (C=O) groups is 3. The summed E-state index contributed by atoms with van der Waals surface area (Å²) in [6, 6.07) is 16.6. The van der Waals surface area contributed by atoms with Gasteiger partial charge in [0, 0.05) is 24.6 Å². The Kier molecular flexibility index (Phi) is 8.35. The lowest BCUT2D eigenvalue weighted by atomic mass is 10.0. The number of thioether (sulfide) groups is 1. The fourth-order valence-corrected chi connectivity index (χ4v) is 5.57. The van der Waals surface area contributed by atoms with Gasteiger partial charge < -0.3 is 15.1 Å². The van der Waals surface area contributed by atoms with Crippen LogP contribution in [0.2, 0.25) is 0 Å². The van der Waals surface area contributed by atoms with Crippen LogP contribution >= 0.6 is 27.7 Å². The van der Waals surface area contributed by atoms with Gasteiger partial charge in [0.05, 0.1) is 13.1 Å². The zero-order chi connectivity index (χ0) is 24.9. The molecule has 186 valence electrons. The number of nitrogens with one attached hydrogen (secondary N) is 1. The average molecular weight is 561 g/mol. The molecule has 0 bridgehead atoms. The van der Waals surface area contributed by atoms with Crippen molar-refractivity contribution in [3.05, 3.63) is 70.2 Å². The van der Waals surface area contributed by atoms with Crippen molar-refractivity contribution in [2.24, 2.45) is 0 Å². The fourth-order valence-electron chi connectivity index (χ4n) is 4.66. The number of hydrazine groups is 1. The predicted molar refractivity (Wildman–Crippen MR) is 140 cm³/mol. The van der Waals surface area contributed by atoms with Gasteiger partial charge in [-0.2, -0.15) is 11.8 Å². The molecule has 2 saturated heterocycles. The van der Waals surface area contributed by atoms with Gasteiger partial charge in [0.2, 0.25) is 11.8 Å². The van der Waals surface area contributed by atoms with Crippen molar-refractivity contribution < 1.29 is 14.4 Å². The Morgan fingerprint density at radius 1 is 1.11 bits per heavy atom. The number of amides is 4. The number of fused-ring (bicyclic) bond motifs is 1. The fraction of sp³-hybridized carbons (Fsp3) is 0.400. The molecule has 0 aromatic heterocycles. The number of halogens is 1. The van der Waals surface area contributed by atoms with Gasteiger partial charge in [-0.3, -0.25) is 9.59 Å². The second-order valence-corrected chi connectivity index (χ2v) is 10.6. The third-order valence-electron chi connectivity index (χ3n) is 6.29. The molecule has 0 saturated carbocycles. The quantitative estimate of drug-likeness (QED) is 0.564. The smallest absolute Gasteiger partial charge is 0.333 e. The molecule has 2 aromatic carbocycles. The van der Waals surface area contributed by atoms with Gasteiger partial charge in [-0.25, -0.2) is 14.8 Å². The molecule has 2 aromatic rings. The number of benzene rings is 2. The number of likely N-dealkylation sites (N-methyl/N-ethyl adjacent to an activating group) is 1. The van der Waals surface area contributed by atoms with Crippen molar-refractivity contribution in [2.75, 3.05) is 32.1 Å². The van der Waals surface area contributed by atoms with E-state index in [0.717, 1.165) is 21.4 Å². The first-order valence-electron chi connectivity index (χ1n) is 11.5. The molecule has 10 heteroatoms. The van der Waals surface area contributed by atoms with E-state index in [1.54, 1.807) is 38.6 Å². The van der Waals surface area contributed by atoms with Gasteiger partial charge in [-0.15, -0.1) is 0 Å². The number of nitrogens with zero attached hydrogens (tertiary/aromatic N) is 4. The van der Waals surface area contributed by atoms with E-state index in [4.69, 9.17) is 0 Å². The van der Waals surface area contributed by atoms with Crippen LogP contribution in [0.15, 0.2) is 59.1 Å². The Morgan fingerprint density at radius 3 is 2.57 bits per heavy atom. The van der Waals surface area contributed by atoms with Crippen LogP contribution in [0.1, 0.15) is 17.5 Å². The second kappa shape index (κ2) is 11.5. The van der Waals surface area contributed by atoms with Crippen LogP contribution < -0.4 is 5.32 Å². The minimum atomic E-state index is -0.598. The van der Waals surface area contributed by atoms with Gasteiger partial charge in [-0.05, 0) is 41.7 Å². The number of carbonyl (C=O) groups excluding carboxylic acids is 3. The third kappa shape index (κ3) is 5.82. The normalized spacial score (nSPS) is 20.7. The summed E-state index contributed by atoms with van der Waals surface area (Å²) in [6.45, 7) is 1.08. The highest BCUT2D eigenvalue weighted by atomic mass is 79.9. The highest BCUT2D eigenvalue weighted by Crippen LogP contribution is 2.29. The number of urea groups is 1. The monoisotopic (exact) mass is 559 g/mol. The largest absolute Gasteiger partial charge is 0.334 e. The van der Waals surface area contributed by atoms with Crippen molar-refractivity contribution in [1.82, 2.24) is 25.1 Å². The number of hydrogen-bond donors (Lipinski definition) is 1. The molecule has 0 spiro atoms. The maximum atomic E-state index is 13.6. The van der Waals surface area contributed by atoms with E-state index in [1.165, 1.54) is 0 Å². The van der Waals surface area contributed by atoms with Crippen LogP contribution in [-0.2, 0) is 22.7 Å². The summed E-state index contributed by atoms with van der Waals surface area (Å²) in [4.78, 5) is 43.5. The molecule has 2 aliphatic rings. The Labute approximate surface area is 218 Å². The SMILES string of the molecule is CSCC[C@H]1C(=O)N(Cc2cccc(Br)c2)C[C@H]2N1C(=O)CN(C)N2C(=O)NCc1ccccc1. The molecule has 0 aliphatic carbocycles. The summed E-state index contributed by atoms with van der Waals surface area (Å²) in [5, 5.41) is 6.23. The maximum Gasteiger partial charge on any atom is 0.334 e. The van der Waals surface area contributed by atoms with Crippen molar-refractivity contribution >= 4 is 45.5 Å². The maximum absolute atomic E-state index is 13.6. The molecule has 2 fully saturated rings. The van der Waals surface area contributed by atoms with E-state index in [-0.39, 0.29) is 30.9 Å². The van der Waals surface area contributed by atoms with E-state index < -0.39 is 12.2 Å². The van der Waals surface area contributed by atoms with Crippen LogP contribution in [0.25, 0.3) is 0 Å². The highest BCUT2D eigenvalue weighted by Gasteiger charge is 2.50. The van der Waals surface area contributed by atoms with E-state index in [2.05, 4.69) is 21.2 Å². The Balaban J connectivity index is 1.60. The topological polar surface area (TPSA) is 76.2 Å². The summed E-state index contributed by atoms with van der Waals surface area (Å²) in [6.07, 6.45) is 1.95. The van der Waals surface area contributed by atoms with Crippen molar-refractivity contribution in [3.8, 4) is 0 Å². The van der Waals surface area contributed by atoms with Crippen molar-refractivity contribution in [2.45, 2.75) is 31.7 Å². The zero-order valence-electron chi connectivity index (χ0n) is 19.9. The lowest BCUT2D eigenvalue weighted by Crippen LogP contribution is -2.75. The van der Waals surface area contributed by atoms with Crippen LogP contribution in [0.5, 0.6) is 0 Å². The van der Waals surface area contributed by atoms with Crippen molar-refractivity contribution in [3.63, 3.8) is 0 Å². The van der Waals surface area contributed by atoms with Gasteiger partial charge in [0.25, 0.3) is 0 Å². The summed E-state index contributed by atoms with van der Waals surface area (Å²) < 4.78 is 0.939. The molecular formula is C25H30BrN5O3S. The molecule has 4 amide bonds. The molecule has 1 N–H and O–H groups in total. The molecule has 8 nitrogen and oxygen atoms in total. The molecular weight excluding hydrogens is 530 g/mol. The lowest BCUT2D eigenvalue weighted by molar-refractivity contribution is -0.187. The van der Waals surface area contributed by atoms with Gasteiger partial charge in [0.1, 0.15) is 12.2 Å². The Bertz CT molecular complexity index is 1070. The highest BCUT2D eigenvalue weighted by molar-refractivity contribution is 9.10. The second-order valence-electron chi connectivity index (χ2n) is 8.73. The summed E-state index contributed by atoms with van der Waals surface area (Å²) >= 11 is 5.14. The first kappa shape index (κ1) is 25.5. The van der Waals surface area contributed by atoms with Gasteiger partial charge >= 0.3 is 6.03 Å². The van der Waals surface area contributed by atoms with E-state index >= 15 is 0 Å². The molecule has 2 atom stereocenters. The van der Waals surface area contributed by atoms with Gasteiger partial charge in [0.15, 0.2) is 0 Å². The predicted octanol–water partition coefficient (Wildman–Crippen LogP) is 3.14. The minimum Gasteiger partial charge on any atom is -0.333 e. The van der Waals surface area contributed by atoms with E-state index in [0.29, 0.717) is 19.5 Å². The molecule has 2 heterocycles. The first-order chi connectivity index (χ1) is 16.9. The number of rotatable bonds is 7. The Hall–Kier alpha value is -2.56. The number of piperazine rings is 1. The average Bonchev–Trinajstić information content (AvgIpc) is 2.83. The summed E-state index contributed by atoms with van der Waals surface area (Å²) in [5.41, 5.74) is 1.97. The van der Waals surface area contributed by atoms with Crippen molar-refractivity contribution in [1.29, 1.82) is 0 Å². The Morgan fingerprint density at radius 2 is 1.86 bits per heavy atom. The minimum absolute atomic E-state index is 0.0456. The van der Waals surface area contributed by atoms with Crippen LogP contribution in [0.4, 0.5) is 4.79 Å². The molecule has 0 unspecified atom stereocenters. The van der Waals surface area contributed by atoms with Gasteiger partial charge in [-0.1, -0.05) is 58.4 Å². The standard InChI is InChI=1S/C25H30BrN5O3S/c1-28-17-23(32)30-21(11-12-35-2)24(33)29(15-19-9-6-10-20(26)13-19)16-22(30)31(28)25(34)27-14-18-7-4-3-5-8-18/h3-10,13,21-22H,11-12,14-17H2,1-2H3,(H,27,34)/t21-,22-/m0/s1. The summed E-state index contributed by atoms with van der Waals surface area (Å²) in [7, 11) is 1.74. The summed E-state index contributed by atoms with van der Waals surface area (Å²) in [5.74, 6) is 0.539.